The van der Waals surface area contributed by atoms with E-state index in [2.05, 4.69) is 10.1 Å². The van der Waals surface area contributed by atoms with Crippen LogP contribution in [0.25, 0.3) is 0 Å². The zero-order valence-electron chi connectivity index (χ0n) is 10.8. The first-order valence-electron chi connectivity index (χ1n) is 6.49. The first kappa shape index (κ1) is 13.3. The molecule has 2 aliphatic rings. The summed E-state index contributed by atoms with van der Waals surface area (Å²) in [6.45, 7) is 6.75. The molecule has 0 aromatic heterocycles. The van der Waals surface area contributed by atoms with E-state index in [9.17, 15) is 4.79 Å². The van der Waals surface area contributed by atoms with Gasteiger partial charge in [-0.2, -0.15) is 0 Å². The van der Waals surface area contributed by atoms with Crippen LogP contribution in [0.5, 0.6) is 0 Å². The Morgan fingerprint density at radius 1 is 1.44 bits per heavy atom. The van der Waals surface area contributed by atoms with E-state index in [1.807, 2.05) is 11.8 Å². The summed E-state index contributed by atoms with van der Waals surface area (Å²) < 4.78 is 5.23. The molecule has 1 amide bonds. The minimum atomic E-state index is 0.176. The van der Waals surface area contributed by atoms with Crippen LogP contribution in [0.3, 0.4) is 0 Å². The van der Waals surface area contributed by atoms with Crippen molar-refractivity contribution in [2.45, 2.75) is 13.3 Å². The number of hydrogen-bond acceptors (Lipinski definition) is 5. The molecule has 102 valence electrons. The Bertz CT molecular complexity index is 327. The lowest BCUT2D eigenvalue weighted by Gasteiger charge is -2.33. The van der Waals surface area contributed by atoms with Crippen molar-refractivity contribution in [2.24, 2.45) is 11.1 Å². The molecule has 2 saturated heterocycles. The third-order valence-corrected chi connectivity index (χ3v) is 3.64. The van der Waals surface area contributed by atoms with Crippen LogP contribution in [0, 0.1) is 5.92 Å². The molecule has 0 radical (unpaired) electrons. The van der Waals surface area contributed by atoms with Gasteiger partial charge in [-0.25, -0.2) is 0 Å². The van der Waals surface area contributed by atoms with Crippen LogP contribution < -0.4 is 0 Å². The van der Waals surface area contributed by atoms with Gasteiger partial charge < -0.3 is 14.8 Å². The number of amides is 1. The van der Waals surface area contributed by atoms with Gasteiger partial charge >= 0.3 is 0 Å². The van der Waals surface area contributed by atoms with Crippen molar-refractivity contribution < 1.29 is 14.7 Å². The maximum absolute atomic E-state index is 12.1. The Labute approximate surface area is 107 Å². The summed E-state index contributed by atoms with van der Waals surface area (Å²) in [4.78, 5) is 16.1. The van der Waals surface area contributed by atoms with Crippen LogP contribution in [-0.2, 0) is 9.53 Å². The van der Waals surface area contributed by atoms with Gasteiger partial charge in [0.25, 0.3) is 0 Å². The van der Waals surface area contributed by atoms with E-state index in [1.165, 1.54) is 0 Å². The van der Waals surface area contributed by atoms with Gasteiger partial charge in [0, 0.05) is 38.5 Å². The Morgan fingerprint density at radius 2 is 2.17 bits per heavy atom. The average Bonchev–Trinajstić information content (AvgIpc) is 2.40. The summed E-state index contributed by atoms with van der Waals surface area (Å²) in [5.74, 6) is 0.399. The van der Waals surface area contributed by atoms with Gasteiger partial charge in [-0.3, -0.25) is 9.69 Å². The van der Waals surface area contributed by atoms with Gasteiger partial charge in [0.05, 0.1) is 25.5 Å². The van der Waals surface area contributed by atoms with E-state index >= 15 is 0 Å². The van der Waals surface area contributed by atoms with Crippen LogP contribution >= 0.6 is 0 Å². The van der Waals surface area contributed by atoms with E-state index in [0.717, 1.165) is 25.2 Å². The summed E-state index contributed by atoms with van der Waals surface area (Å²) in [6, 6.07) is 0. The van der Waals surface area contributed by atoms with E-state index in [1.54, 1.807) is 0 Å². The molecular weight excluding hydrogens is 234 g/mol. The fourth-order valence-corrected chi connectivity index (χ4v) is 2.50. The van der Waals surface area contributed by atoms with E-state index < -0.39 is 0 Å². The van der Waals surface area contributed by atoms with E-state index in [0.29, 0.717) is 32.8 Å². The van der Waals surface area contributed by atoms with Gasteiger partial charge in [-0.15, -0.1) is 0 Å². The lowest BCUT2D eigenvalue weighted by Crippen LogP contribution is -2.48. The number of carbonyl (C=O) groups excluding carboxylic acids is 1. The molecule has 6 heteroatoms. The number of oxime groups is 1. The molecular formula is C12H21N3O3. The highest BCUT2D eigenvalue weighted by Gasteiger charge is 2.26. The maximum Gasteiger partial charge on any atom is 0.236 e. The standard InChI is InChI=1S/C12H21N3O3/c1-10-8-14(3-2-11(10)13-17)9-12(16)15-4-6-18-7-5-15/h10,17H,2-9H2,1H3. The summed E-state index contributed by atoms with van der Waals surface area (Å²) in [5.41, 5.74) is 0.838. The first-order chi connectivity index (χ1) is 8.70. The molecule has 6 nitrogen and oxygen atoms in total. The maximum atomic E-state index is 12.1. The van der Waals surface area contributed by atoms with Gasteiger partial charge in [0.1, 0.15) is 0 Å². The first-order valence-corrected chi connectivity index (χ1v) is 6.49. The van der Waals surface area contributed by atoms with Crippen molar-refractivity contribution in [3.05, 3.63) is 0 Å². The highest BCUT2D eigenvalue weighted by molar-refractivity contribution is 5.87. The second kappa shape index (κ2) is 6.15. The molecule has 2 rings (SSSR count). The van der Waals surface area contributed by atoms with Crippen molar-refractivity contribution in [1.29, 1.82) is 0 Å². The molecule has 0 aliphatic carbocycles. The lowest BCUT2D eigenvalue weighted by molar-refractivity contribution is -0.136. The molecule has 1 unspecified atom stereocenters. The predicted octanol–water partition coefficient (Wildman–Crippen LogP) is 0.0172. The SMILES string of the molecule is CC1CN(CC(=O)N2CCOCC2)CCC1=NO. The van der Waals surface area contributed by atoms with Crippen molar-refractivity contribution in [3.8, 4) is 0 Å². The summed E-state index contributed by atoms with van der Waals surface area (Å²) in [7, 11) is 0. The fourth-order valence-electron chi connectivity index (χ4n) is 2.50. The summed E-state index contributed by atoms with van der Waals surface area (Å²) in [6.07, 6.45) is 0.744. The van der Waals surface area contributed by atoms with Crippen LogP contribution in [0.1, 0.15) is 13.3 Å². The topological polar surface area (TPSA) is 65.4 Å². The minimum Gasteiger partial charge on any atom is -0.411 e. The molecule has 2 fully saturated rings. The van der Waals surface area contributed by atoms with E-state index in [-0.39, 0.29) is 11.8 Å². The quantitative estimate of drug-likeness (QED) is 0.558. The molecule has 18 heavy (non-hydrogen) atoms. The van der Waals surface area contributed by atoms with Crippen LogP contribution in [0.4, 0.5) is 0 Å². The lowest BCUT2D eigenvalue weighted by atomic mass is 9.98. The van der Waals surface area contributed by atoms with Gasteiger partial charge in [-0.1, -0.05) is 12.1 Å². The van der Waals surface area contributed by atoms with Crippen molar-refractivity contribution in [3.63, 3.8) is 0 Å². The molecule has 0 aromatic rings. The zero-order chi connectivity index (χ0) is 13.0. The number of ether oxygens (including phenoxy) is 1. The molecule has 0 aromatic carbocycles. The highest BCUT2D eigenvalue weighted by Crippen LogP contribution is 2.14. The zero-order valence-corrected chi connectivity index (χ0v) is 10.8. The number of nitrogens with zero attached hydrogens (tertiary/aromatic N) is 3. The fraction of sp³-hybridized carbons (Fsp3) is 0.833. The van der Waals surface area contributed by atoms with Crippen molar-refractivity contribution in [2.75, 3.05) is 45.9 Å². The Balaban J connectivity index is 1.81. The van der Waals surface area contributed by atoms with Crippen molar-refractivity contribution >= 4 is 11.6 Å². The molecule has 1 N–H and O–H groups in total. The second-order valence-electron chi connectivity index (χ2n) is 4.97. The highest BCUT2D eigenvalue weighted by atomic mass is 16.5. The van der Waals surface area contributed by atoms with Gasteiger partial charge in [-0.05, 0) is 0 Å². The average molecular weight is 255 g/mol. The van der Waals surface area contributed by atoms with Crippen molar-refractivity contribution in [1.82, 2.24) is 9.80 Å². The third-order valence-electron chi connectivity index (χ3n) is 3.64. The number of carbonyl (C=O) groups is 1. The van der Waals surface area contributed by atoms with E-state index in [4.69, 9.17) is 9.94 Å². The smallest absolute Gasteiger partial charge is 0.236 e. The summed E-state index contributed by atoms with van der Waals surface area (Å²) >= 11 is 0. The van der Waals surface area contributed by atoms with Gasteiger partial charge in [0.2, 0.25) is 5.91 Å². The molecule has 2 heterocycles. The molecule has 0 spiro atoms. The number of hydrogen-bond donors (Lipinski definition) is 1. The third kappa shape index (κ3) is 3.20. The largest absolute Gasteiger partial charge is 0.411 e. The molecule has 0 saturated carbocycles. The summed E-state index contributed by atoms with van der Waals surface area (Å²) in [5, 5.41) is 12.1. The monoisotopic (exact) mass is 255 g/mol. The Kier molecular flexibility index (Phi) is 4.54. The molecule has 1 atom stereocenters. The Morgan fingerprint density at radius 3 is 2.78 bits per heavy atom. The Hall–Kier alpha value is -1.14. The van der Waals surface area contributed by atoms with Crippen LogP contribution in [-0.4, -0.2) is 72.6 Å². The number of morpholine rings is 1. The number of rotatable bonds is 2. The van der Waals surface area contributed by atoms with Gasteiger partial charge in [0.15, 0.2) is 0 Å². The van der Waals surface area contributed by atoms with Crippen LogP contribution in [0.15, 0.2) is 5.16 Å². The second-order valence-corrected chi connectivity index (χ2v) is 4.97. The minimum absolute atomic E-state index is 0.176. The molecule has 0 bridgehead atoms. The number of piperidine rings is 1. The molecule has 2 aliphatic heterocycles. The van der Waals surface area contributed by atoms with Crippen LogP contribution in [0.2, 0.25) is 0 Å². The predicted molar refractivity (Wildman–Crippen MR) is 66.8 cm³/mol. The normalized spacial score (nSPS) is 28.6. The number of likely N-dealkylation sites (tertiary alicyclic amines) is 1.